The van der Waals surface area contributed by atoms with Gasteiger partial charge in [0.15, 0.2) is 0 Å². The third-order valence-corrected chi connectivity index (χ3v) is 5.44. The lowest BCUT2D eigenvalue weighted by atomic mass is 10.0. The van der Waals surface area contributed by atoms with Crippen LogP contribution in [0.5, 0.6) is 5.75 Å². The minimum atomic E-state index is -0.371. The van der Waals surface area contributed by atoms with Crippen LogP contribution in [0, 0.1) is 0 Å². The number of thioether (sulfide) groups is 1. The second-order valence-corrected chi connectivity index (χ2v) is 7.39. The molecule has 0 amide bonds. The van der Waals surface area contributed by atoms with Crippen LogP contribution in [0.1, 0.15) is 24.5 Å². The Morgan fingerprint density at radius 2 is 1.92 bits per heavy atom. The fourth-order valence-electron chi connectivity index (χ4n) is 2.95. The van der Waals surface area contributed by atoms with Crippen LogP contribution in [0.4, 0.5) is 0 Å². The van der Waals surface area contributed by atoms with Gasteiger partial charge in [0.05, 0.1) is 6.54 Å². The van der Waals surface area contributed by atoms with Crippen LogP contribution in [0.2, 0.25) is 0 Å². The average molecular weight is 370 g/mol. The zero-order valence-corrected chi connectivity index (χ0v) is 15.7. The van der Waals surface area contributed by atoms with Gasteiger partial charge in [0.25, 0.3) is 0 Å². The largest absolute Gasteiger partial charge is 0.508 e. The first-order chi connectivity index (χ1) is 12.7. The molecule has 0 aliphatic heterocycles. The normalized spacial score (nSPS) is 11.1. The van der Waals surface area contributed by atoms with Crippen LogP contribution >= 0.6 is 11.8 Å². The lowest BCUT2D eigenvalue weighted by molar-refractivity contribution is -0.670. The Balaban J connectivity index is 1.59. The first-order valence-electron chi connectivity index (χ1n) is 8.95. The monoisotopic (exact) mass is 370 g/mol. The summed E-state index contributed by atoms with van der Waals surface area (Å²) in [6, 6.07) is 15.5. The molecule has 3 N–H and O–H groups in total. The molecule has 1 aromatic heterocycles. The van der Waals surface area contributed by atoms with Crippen LogP contribution in [-0.2, 0) is 13.0 Å². The van der Waals surface area contributed by atoms with Crippen molar-refractivity contribution in [3.63, 3.8) is 0 Å². The van der Waals surface area contributed by atoms with E-state index < -0.39 is 0 Å². The number of phenols is 1. The van der Waals surface area contributed by atoms with E-state index >= 15 is 0 Å². The number of fused-ring (bicyclic) bond motifs is 1. The number of nitrogens with two attached hydrogens (primary N) is 1. The summed E-state index contributed by atoms with van der Waals surface area (Å²) in [5.41, 5.74) is 1.91. The number of rotatable bonds is 8. The Hall–Kier alpha value is -2.24. The Bertz CT molecular complexity index is 922. The highest BCUT2D eigenvalue weighted by molar-refractivity contribution is 7.99. The number of quaternary nitrogens is 1. The van der Waals surface area contributed by atoms with E-state index in [9.17, 15) is 9.90 Å². The van der Waals surface area contributed by atoms with Crippen molar-refractivity contribution in [1.29, 1.82) is 0 Å². The molecule has 0 saturated carbocycles. The number of aromatic hydroxyl groups is 1. The summed E-state index contributed by atoms with van der Waals surface area (Å²) >= 11 is 1.87. The fraction of sp³-hybridized carbons (Fsp3) is 0.286. The van der Waals surface area contributed by atoms with Crippen molar-refractivity contribution >= 4 is 22.7 Å². The smallest absolute Gasteiger partial charge is 0.336 e. The van der Waals surface area contributed by atoms with Gasteiger partial charge in [-0.05, 0) is 30.2 Å². The van der Waals surface area contributed by atoms with E-state index in [-0.39, 0.29) is 11.4 Å². The van der Waals surface area contributed by atoms with Gasteiger partial charge in [0, 0.05) is 40.2 Å². The van der Waals surface area contributed by atoms with Crippen LogP contribution in [-0.4, -0.2) is 17.4 Å². The standard InChI is InChI=1S/C21H23NO3S/c1-2-15-11-18-16(12-21(24)25-20(18)13-19(15)23)14-22-9-6-10-26-17-7-4-3-5-8-17/h3-5,7-8,11-13,22-23H,2,6,9-10,14H2,1H3/p+1. The Morgan fingerprint density at radius 1 is 1.12 bits per heavy atom. The summed E-state index contributed by atoms with van der Waals surface area (Å²) < 4.78 is 5.24. The molecule has 1 heterocycles. The van der Waals surface area contributed by atoms with Gasteiger partial charge in [0.1, 0.15) is 17.9 Å². The Labute approximate surface area is 157 Å². The van der Waals surface area contributed by atoms with E-state index in [0.29, 0.717) is 5.58 Å². The predicted octanol–water partition coefficient (Wildman–Crippen LogP) is 3.31. The number of hydrogen-bond donors (Lipinski definition) is 2. The quantitative estimate of drug-likeness (QED) is 0.363. The molecule has 4 nitrogen and oxygen atoms in total. The number of hydrogen-bond acceptors (Lipinski definition) is 4. The summed E-state index contributed by atoms with van der Waals surface area (Å²) in [6.07, 6.45) is 1.83. The second kappa shape index (κ2) is 8.92. The van der Waals surface area contributed by atoms with Crippen LogP contribution < -0.4 is 10.9 Å². The molecule has 3 aromatic rings. The lowest BCUT2D eigenvalue weighted by Crippen LogP contribution is -2.82. The van der Waals surface area contributed by atoms with Gasteiger partial charge in [-0.1, -0.05) is 25.1 Å². The zero-order valence-electron chi connectivity index (χ0n) is 14.9. The molecular weight excluding hydrogens is 346 g/mol. The highest BCUT2D eigenvalue weighted by Crippen LogP contribution is 2.26. The summed E-state index contributed by atoms with van der Waals surface area (Å²) in [7, 11) is 0. The molecule has 0 fully saturated rings. The van der Waals surface area contributed by atoms with Gasteiger partial charge in [-0.2, -0.15) is 0 Å². The summed E-state index contributed by atoms with van der Waals surface area (Å²) in [4.78, 5) is 13.1. The Morgan fingerprint density at radius 3 is 2.69 bits per heavy atom. The topological polar surface area (TPSA) is 67.0 Å². The van der Waals surface area contributed by atoms with E-state index in [2.05, 4.69) is 29.6 Å². The third kappa shape index (κ3) is 4.68. The molecule has 0 aliphatic rings. The van der Waals surface area contributed by atoms with E-state index in [0.717, 1.165) is 48.2 Å². The van der Waals surface area contributed by atoms with Crippen LogP contribution in [0.15, 0.2) is 62.6 Å². The zero-order chi connectivity index (χ0) is 18.4. The molecule has 2 aromatic carbocycles. The minimum absolute atomic E-state index is 0.183. The van der Waals surface area contributed by atoms with Gasteiger partial charge in [-0.15, -0.1) is 11.8 Å². The number of aryl methyl sites for hydroxylation is 1. The van der Waals surface area contributed by atoms with Crippen LogP contribution in [0.25, 0.3) is 11.0 Å². The maximum absolute atomic E-state index is 11.8. The fourth-order valence-corrected chi connectivity index (χ4v) is 3.85. The Kier molecular flexibility index (Phi) is 6.36. The maximum Gasteiger partial charge on any atom is 0.336 e. The molecule has 0 radical (unpaired) electrons. The lowest BCUT2D eigenvalue weighted by Gasteiger charge is -2.08. The van der Waals surface area contributed by atoms with Crippen molar-refractivity contribution in [2.75, 3.05) is 12.3 Å². The average Bonchev–Trinajstić information content (AvgIpc) is 2.64. The first-order valence-corrected chi connectivity index (χ1v) is 9.94. The molecule has 0 saturated heterocycles. The molecule has 0 spiro atoms. The van der Waals surface area contributed by atoms with Gasteiger partial charge in [-0.3, -0.25) is 0 Å². The van der Waals surface area contributed by atoms with Crippen molar-refractivity contribution in [1.82, 2.24) is 0 Å². The van der Waals surface area contributed by atoms with Crippen molar-refractivity contribution in [2.45, 2.75) is 31.2 Å². The number of phenolic OH excluding ortho intramolecular Hbond substituents is 1. The van der Waals surface area contributed by atoms with E-state index in [1.807, 2.05) is 30.8 Å². The molecular formula is C21H24NO3S+. The molecule has 3 rings (SSSR count). The van der Waals surface area contributed by atoms with Crippen molar-refractivity contribution in [3.05, 3.63) is 70.1 Å². The summed E-state index contributed by atoms with van der Waals surface area (Å²) in [6.45, 7) is 3.72. The van der Waals surface area contributed by atoms with Crippen LogP contribution in [0.3, 0.4) is 0 Å². The summed E-state index contributed by atoms with van der Waals surface area (Å²) in [5, 5.41) is 13.1. The molecule has 26 heavy (non-hydrogen) atoms. The molecule has 5 heteroatoms. The van der Waals surface area contributed by atoms with Gasteiger partial charge < -0.3 is 14.8 Å². The molecule has 0 unspecified atom stereocenters. The molecule has 0 aliphatic carbocycles. The highest BCUT2D eigenvalue weighted by Gasteiger charge is 2.11. The minimum Gasteiger partial charge on any atom is -0.508 e. The maximum atomic E-state index is 11.8. The van der Waals surface area contributed by atoms with E-state index in [1.165, 1.54) is 4.90 Å². The molecule has 0 atom stereocenters. The van der Waals surface area contributed by atoms with E-state index in [1.54, 1.807) is 12.1 Å². The molecule has 136 valence electrons. The summed E-state index contributed by atoms with van der Waals surface area (Å²) in [5.74, 6) is 1.26. The number of benzene rings is 2. The highest BCUT2D eigenvalue weighted by atomic mass is 32.2. The predicted molar refractivity (Wildman–Crippen MR) is 106 cm³/mol. The molecule has 0 bridgehead atoms. The van der Waals surface area contributed by atoms with Gasteiger partial charge in [-0.25, -0.2) is 4.79 Å². The van der Waals surface area contributed by atoms with Crippen molar-refractivity contribution < 1.29 is 14.8 Å². The third-order valence-electron chi connectivity index (χ3n) is 4.34. The SMILES string of the molecule is CCc1cc2c(C[NH2+]CCCSc3ccccc3)cc(=O)oc2cc1O. The van der Waals surface area contributed by atoms with E-state index in [4.69, 9.17) is 4.42 Å². The first kappa shape index (κ1) is 18.5. The van der Waals surface area contributed by atoms with Crippen molar-refractivity contribution in [2.24, 2.45) is 0 Å². The second-order valence-electron chi connectivity index (χ2n) is 6.22. The van der Waals surface area contributed by atoms with Gasteiger partial charge in [0.2, 0.25) is 0 Å². The van der Waals surface area contributed by atoms with Crippen molar-refractivity contribution in [3.8, 4) is 5.75 Å². The van der Waals surface area contributed by atoms with Gasteiger partial charge >= 0.3 is 5.63 Å².